The standard InChI is InChI=1S/C12H11F2N3O/c1-2-17-11(7-15-16-17)12(18)5-8-3-4-9(13)6-10(8)14/h3-4,6-7H,2,5H2,1H3. The maximum Gasteiger partial charge on any atom is 0.186 e. The molecule has 2 aromatic rings. The summed E-state index contributed by atoms with van der Waals surface area (Å²) in [6, 6.07) is 3.15. The van der Waals surface area contributed by atoms with E-state index in [9.17, 15) is 13.6 Å². The van der Waals surface area contributed by atoms with E-state index in [1.54, 1.807) is 0 Å². The molecule has 0 unspecified atom stereocenters. The summed E-state index contributed by atoms with van der Waals surface area (Å²) in [5.41, 5.74) is 0.478. The number of aryl methyl sites for hydroxylation is 1. The molecule has 6 heteroatoms. The van der Waals surface area contributed by atoms with Crippen LogP contribution in [0.15, 0.2) is 24.4 Å². The predicted molar refractivity (Wildman–Crippen MR) is 60.1 cm³/mol. The fraction of sp³-hybridized carbons (Fsp3) is 0.250. The molecule has 1 aromatic carbocycles. The van der Waals surface area contributed by atoms with E-state index >= 15 is 0 Å². The third kappa shape index (κ3) is 2.42. The van der Waals surface area contributed by atoms with Crippen molar-refractivity contribution in [1.29, 1.82) is 0 Å². The molecule has 0 amide bonds. The average molecular weight is 251 g/mol. The molecule has 0 fully saturated rings. The molecule has 94 valence electrons. The summed E-state index contributed by atoms with van der Waals surface area (Å²) >= 11 is 0. The lowest BCUT2D eigenvalue weighted by Crippen LogP contribution is -2.12. The van der Waals surface area contributed by atoms with Gasteiger partial charge in [0, 0.05) is 19.0 Å². The Labute approximate surface area is 102 Å². The van der Waals surface area contributed by atoms with Crippen molar-refractivity contribution in [3.63, 3.8) is 0 Å². The zero-order chi connectivity index (χ0) is 13.1. The molecule has 0 bridgehead atoms. The molecule has 0 spiro atoms. The van der Waals surface area contributed by atoms with Gasteiger partial charge in [-0.15, -0.1) is 5.10 Å². The van der Waals surface area contributed by atoms with E-state index in [4.69, 9.17) is 0 Å². The molecule has 0 aliphatic carbocycles. The summed E-state index contributed by atoms with van der Waals surface area (Å²) in [6.45, 7) is 2.33. The lowest BCUT2D eigenvalue weighted by atomic mass is 10.1. The highest BCUT2D eigenvalue weighted by molar-refractivity contribution is 5.95. The average Bonchev–Trinajstić information content (AvgIpc) is 2.81. The van der Waals surface area contributed by atoms with Crippen molar-refractivity contribution < 1.29 is 13.6 Å². The van der Waals surface area contributed by atoms with Gasteiger partial charge in [-0.1, -0.05) is 11.3 Å². The number of carbonyl (C=O) groups is 1. The fourth-order valence-electron chi connectivity index (χ4n) is 1.64. The third-order valence-electron chi connectivity index (χ3n) is 2.57. The van der Waals surface area contributed by atoms with Gasteiger partial charge in [-0.2, -0.15) is 0 Å². The number of ketones is 1. The Morgan fingerprint density at radius 2 is 2.17 bits per heavy atom. The van der Waals surface area contributed by atoms with Crippen molar-refractivity contribution in [3.8, 4) is 0 Å². The minimum atomic E-state index is -0.723. The van der Waals surface area contributed by atoms with Crippen LogP contribution in [-0.4, -0.2) is 20.8 Å². The second-order valence-electron chi connectivity index (χ2n) is 3.77. The number of halogens is 2. The van der Waals surface area contributed by atoms with Gasteiger partial charge in [0.1, 0.15) is 17.3 Å². The smallest absolute Gasteiger partial charge is 0.186 e. The molecule has 0 atom stereocenters. The molecule has 18 heavy (non-hydrogen) atoms. The van der Waals surface area contributed by atoms with E-state index in [0.717, 1.165) is 12.1 Å². The van der Waals surface area contributed by atoms with Crippen molar-refractivity contribution in [1.82, 2.24) is 15.0 Å². The Bertz CT molecular complexity index is 580. The molecule has 2 rings (SSSR count). The molecule has 0 aliphatic rings. The highest BCUT2D eigenvalue weighted by Crippen LogP contribution is 2.12. The van der Waals surface area contributed by atoms with Crippen LogP contribution < -0.4 is 0 Å². The van der Waals surface area contributed by atoms with Crippen LogP contribution in [0.25, 0.3) is 0 Å². The van der Waals surface area contributed by atoms with Gasteiger partial charge in [0.05, 0.1) is 6.20 Å². The minimum Gasteiger partial charge on any atom is -0.292 e. The quantitative estimate of drug-likeness (QED) is 0.781. The summed E-state index contributed by atoms with van der Waals surface area (Å²) in [5.74, 6) is -1.69. The summed E-state index contributed by atoms with van der Waals surface area (Å²) in [5, 5.41) is 7.36. The van der Waals surface area contributed by atoms with Crippen molar-refractivity contribution in [2.75, 3.05) is 0 Å². The van der Waals surface area contributed by atoms with Crippen LogP contribution in [0.4, 0.5) is 8.78 Å². The monoisotopic (exact) mass is 251 g/mol. The van der Waals surface area contributed by atoms with Crippen LogP contribution in [-0.2, 0) is 13.0 Å². The number of hydrogen-bond acceptors (Lipinski definition) is 3. The Morgan fingerprint density at radius 1 is 1.39 bits per heavy atom. The lowest BCUT2D eigenvalue weighted by molar-refractivity contribution is 0.0981. The summed E-state index contributed by atoms with van der Waals surface area (Å²) in [4.78, 5) is 11.9. The molecule has 0 radical (unpaired) electrons. The second-order valence-corrected chi connectivity index (χ2v) is 3.77. The maximum absolute atomic E-state index is 13.4. The first-order valence-electron chi connectivity index (χ1n) is 5.47. The molecule has 1 heterocycles. The summed E-state index contributed by atoms with van der Waals surface area (Å²) in [7, 11) is 0. The lowest BCUT2D eigenvalue weighted by Gasteiger charge is -2.04. The zero-order valence-electron chi connectivity index (χ0n) is 9.73. The fourth-order valence-corrected chi connectivity index (χ4v) is 1.64. The van der Waals surface area contributed by atoms with Crippen LogP contribution >= 0.6 is 0 Å². The first kappa shape index (κ1) is 12.3. The van der Waals surface area contributed by atoms with Crippen molar-refractivity contribution in [2.24, 2.45) is 0 Å². The number of rotatable bonds is 4. The Balaban J connectivity index is 2.21. The summed E-state index contributed by atoms with van der Waals surface area (Å²) < 4.78 is 27.6. The Kier molecular flexibility index (Phi) is 3.45. The summed E-state index contributed by atoms with van der Waals surface area (Å²) in [6.07, 6.45) is 1.20. The molecule has 0 N–H and O–H groups in total. The first-order valence-corrected chi connectivity index (χ1v) is 5.47. The van der Waals surface area contributed by atoms with Gasteiger partial charge in [-0.05, 0) is 18.6 Å². The van der Waals surface area contributed by atoms with Gasteiger partial charge >= 0.3 is 0 Å². The predicted octanol–water partition coefficient (Wildman–Crippen LogP) is 2.00. The van der Waals surface area contributed by atoms with Crippen molar-refractivity contribution >= 4 is 5.78 Å². The molecule has 0 aliphatic heterocycles. The SMILES string of the molecule is CCn1nncc1C(=O)Cc1ccc(F)cc1F. The van der Waals surface area contributed by atoms with Crippen LogP contribution in [0, 0.1) is 11.6 Å². The Hall–Kier alpha value is -2.11. The van der Waals surface area contributed by atoms with Crippen LogP contribution in [0.3, 0.4) is 0 Å². The molecule has 1 aromatic heterocycles. The van der Waals surface area contributed by atoms with Gasteiger partial charge in [0.2, 0.25) is 0 Å². The van der Waals surface area contributed by atoms with Gasteiger partial charge in [-0.3, -0.25) is 4.79 Å². The van der Waals surface area contributed by atoms with E-state index in [1.807, 2.05) is 6.92 Å². The van der Waals surface area contributed by atoms with E-state index in [0.29, 0.717) is 12.2 Å². The van der Waals surface area contributed by atoms with Gasteiger partial charge in [0.15, 0.2) is 5.78 Å². The molecular formula is C12H11F2N3O. The number of nitrogens with zero attached hydrogens (tertiary/aromatic N) is 3. The van der Waals surface area contributed by atoms with E-state index in [1.165, 1.54) is 16.9 Å². The van der Waals surface area contributed by atoms with Gasteiger partial charge in [-0.25, -0.2) is 13.5 Å². The number of aromatic nitrogens is 3. The van der Waals surface area contributed by atoms with Crippen LogP contribution in [0.2, 0.25) is 0 Å². The van der Waals surface area contributed by atoms with Gasteiger partial charge in [0.25, 0.3) is 0 Å². The molecule has 4 nitrogen and oxygen atoms in total. The highest BCUT2D eigenvalue weighted by atomic mass is 19.1. The minimum absolute atomic E-state index is 0.139. The normalized spacial score (nSPS) is 10.6. The zero-order valence-corrected chi connectivity index (χ0v) is 9.73. The van der Waals surface area contributed by atoms with E-state index in [2.05, 4.69) is 10.3 Å². The van der Waals surface area contributed by atoms with Crippen molar-refractivity contribution in [2.45, 2.75) is 19.9 Å². The topological polar surface area (TPSA) is 47.8 Å². The number of Topliss-reactive ketones (excluding diaryl/α,β-unsaturated/α-hetero) is 1. The largest absolute Gasteiger partial charge is 0.292 e. The van der Waals surface area contributed by atoms with Crippen molar-refractivity contribution in [3.05, 3.63) is 47.3 Å². The maximum atomic E-state index is 13.4. The molecular weight excluding hydrogens is 240 g/mol. The highest BCUT2D eigenvalue weighted by Gasteiger charge is 2.15. The molecule has 0 saturated heterocycles. The van der Waals surface area contributed by atoms with E-state index in [-0.39, 0.29) is 17.8 Å². The van der Waals surface area contributed by atoms with Crippen LogP contribution in [0.1, 0.15) is 23.0 Å². The van der Waals surface area contributed by atoms with Crippen LogP contribution in [0.5, 0.6) is 0 Å². The number of benzene rings is 1. The number of carbonyl (C=O) groups excluding carboxylic acids is 1. The Morgan fingerprint density at radius 3 is 2.83 bits per heavy atom. The van der Waals surface area contributed by atoms with Gasteiger partial charge < -0.3 is 0 Å². The number of hydrogen-bond donors (Lipinski definition) is 0. The third-order valence-corrected chi connectivity index (χ3v) is 2.57. The first-order chi connectivity index (χ1) is 8.61. The van der Waals surface area contributed by atoms with E-state index < -0.39 is 11.6 Å². The second kappa shape index (κ2) is 5.03. The molecule has 0 saturated carbocycles.